The number of fused-ring (bicyclic) bond motifs is 2. The summed E-state index contributed by atoms with van der Waals surface area (Å²) < 4.78 is 18.6. The summed E-state index contributed by atoms with van der Waals surface area (Å²) in [5, 5.41) is 9.32. The van der Waals surface area contributed by atoms with Gasteiger partial charge in [0.2, 0.25) is 5.82 Å². The summed E-state index contributed by atoms with van der Waals surface area (Å²) in [7, 11) is 1.45. The number of nitrogens with zero attached hydrogens (tertiary/aromatic N) is 3. The number of anilines is 1. The van der Waals surface area contributed by atoms with E-state index in [0.29, 0.717) is 43.5 Å². The number of hydrogen-bond donors (Lipinski definition) is 1. The van der Waals surface area contributed by atoms with Crippen LogP contribution in [0.5, 0.6) is 11.5 Å². The Morgan fingerprint density at radius 1 is 1.02 bits per heavy atom. The van der Waals surface area contributed by atoms with E-state index in [0.717, 1.165) is 15.6 Å². The van der Waals surface area contributed by atoms with Crippen LogP contribution in [-0.4, -0.2) is 35.5 Å². The molecule has 220 valence electrons. The molecule has 2 aromatic heterocycles. The highest BCUT2D eigenvalue weighted by molar-refractivity contribution is 6.31. The predicted molar refractivity (Wildman–Crippen MR) is 173 cm³/mol. The van der Waals surface area contributed by atoms with E-state index >= 15 is 0 Å². The van der Waals surface area contributed by atoms with Crippen LogP contribution in [0.25, 0.3) is 33.5 Å². The van der Waals surface area contributed by atoms with Crippen LogP contribution >= 0.6 is 23.2 Å². The fourth-order valence-electron chi connectivity index (χ4n) is 4.66. The third kappa shape index (κ3) is 5.88. The molecular weight excluding hydrogens is 603 g/mol. The quantitative estimate of drug-likeness (QED) is 0.177. The van der Waals surface area contributed by atoms with Crippen LogP contribution in [0.4, 0.5) is 5.69 Å². The maximum Gasteiger partial charge on any atom is 0.282 e. The molecule has 4 aromatic carbocycles. The van der Waals surface area contributed by atoms with Gasteiger partial charge in [0.25, 0.3) is 11.5 Å². The molecule has 0 saturated heterocycles. The number of carbonyl (C=O) groups excluding carboxylic acids is 1. The van der Waals surface area contributed by atoms with Crippen molar-refractivity contribution in [3.63, 3.8) is 0 Å². The molecule has 0 spiro atoms. The van der Waals surface area contributed by atoms with Gasteiger partial charge in [-0.2, -0.15) is 9.78 Å². The van der Waals surface area contributed by atoms with Crippen LogP contribution in [0.2, 0.25) is 10.0 Å². The Kier molecular flexibility index (Phi) is 8.06. The van der Waals surface area contributed by atoms with Crippen molar-refractivity contribution in [3.05, 3.63) is 116 Å². The number of methoxy groups -OCH3 is 1. The van der Waals surface area contributed by atoms with Crippen LogP contribution in [0, 0.1) is 6.92 Å². The molecule has 2 heterocycles. The summed E-state index contributed by atoms with van der Waals surface area (Å²) in [5.74, 6) is 0.603. The third-order valence-electron chi connectivity index (χ3n) is 6.80. The van der Waals surface area contributed by atoms with Gasteiger partial charge in [-0.25, -0.2) is 4.98 Å². The summed E-state index contributed by atoms with van der Waals surface area (Å²) in [6.07, 6.45) is 1.39. The lowest BCUT2D eigenvalue weighted by atomic mass is 10.2. The number of nitrogens with one attached hydrogen (secondary N) is 1. The molecule has 0 aliphatic carbocycles. The first-order valence-electron chi connectivity index (χ1n) is 13.4. The zero-order valence-electron chi connectivity index (χ0n) is 23.5. The molecule has 0 saturated carbocycles. The van der Waals surface area contributed by atoms with Crippen molar-refractivity contribution in [1.29, 1.82) is 0 Å². The van der Waals surface area contributed by atoms with Crippen LogP contribution in [-0.2, 0) is 4.79 Å². The summed E-state index contributed by atoms with van der Waals surface area (Å²) in [4.78, 5) is 31.2. The standard InChI is InChI=1S/C33H24Cl2N4O5/c1-19-7-3-5-9-25(19)37-30(40)18-43-31-21(14-23(35)16-28(31)42-2)17-36-39-32(38-26-10-6-4-8-24(26)33(39)41)29-15-20-13-22(34)11-12-27(20)44-29/h3-17H,18H2,1-2H3,(H,37,40). The van der Waals surface area contributed by atoms with Crippen LogP contribution in [0.15, 0.2) is 99.2 Å². The number of furan rings is 1. The molecule has 0 radical (unpaired) electrons. The summed E-state index contributed by atoms with van der Waals surface area (Å²) >= 11 is 12.6. The Morgan fingerprint density at radius 3 is 2.64 bits per heavy atom. The Balaban J connectivity index is 1.40. The first kappa shape index (κ1) is 29.0. The zero-order valence-corrected chi connectivity index (χ0v) is 25.0. The highest BCUT2D eigenvalue weighted by Gasteiger charge is 2.18. The van der Waals surface area contributed by atoms with E-state index < -0.39 is 5.56 Å². The van der Waals surface area contributed by atoms with E-state index in [4.69, 9.17) is 42.1 Å². The van der Waals surface area contributed by atoms with Crippen molar-refractivity contribution < 1.29 is 18.7 Å². The number of amides is 1. The normalized spacial score (nSPS) is 11.4. The van der Waals surface area contributed by atoms with E-state index in [1.165, 1.54) is 13.3 Å². The average molecular weight is 627 g/mol. The van der Waals surface area contributed by atoms with E-state index in [2.05, 4.69) is 10.4 Å². The molecule has 6 aromatic rings. The SMILES string of the molecule is COc1cc(Cl)cc(C=Nn2c(-c3cc4cc(Cl)ccc4o3)nc3ccccc3c2=O)c1OCC(=O)Nc1ccccc1C. The van der Waals surface area contributed by atoms with Gasteiger partial charge in [-0.05, 0) is 61.0 Å². The number of aromatic nitrogens is 2. The first-order chi connectivity index (χ1) is 21.3. The number of hydrogen-bond acceptors (Lipinski definition) is 7. The minimum Gasteiger partial charge on any atom is -0.493 e. The fraction of sp³-hybridized carbons (Fsp3) is 0.0909. The molecule has 11 heteroatoms. The second kappa shape index (κ2) is 12.2. The Bertz CT molecular complexity index is 2140. The lowest BCUT2D eigenvalue weighted by Crippen LogP contribution is -2.21. The van der Waals surface area contributed by atoms with Gasteiger partial charge in [-0.3, -0.25) is 9.59 Å². The van der Waals surface area contributed by atoms with Crippen LogP contribution in [0.1, 0.15) is 11.1 Å². The van der Waals surface area contributed by atoms with Crippen molar-refractivity contribution in [3.8, 4) is 23.1 Å². The van der Waals surface area contributed by atoms with E-state index in [9.17, 15) is 9.59 Å². The molecule has 0 atom stereocenters. The number of halogens is 2. The Labute approximate surface area is 261 Å². The van der Waals surface area contributed by atoms with Gasteiger partial charge >= 0.3 is 0 Å². The molecule has 1 amide bonds. The monoisotopic (exact) mass is 626 g/mol. The van der Waals surface area contributed by atoms with Gasteiger partial charge in [0.1, 0.15) is 5.58 Å². The Morgan fingerprint density at radius 2 is 1.82 bits per heavy atom. The zero-order chi connectivity index (χ0) is 30.8. The average Bonchev–Trinajstić information content (AvgIpc) is 3.44. The number of carbonyl (C=O) groups is 1. The van der Waals surface area contributed by atoms with Gasteiger partial charge in [-0.15, -0.1) is 0 Å². The molecule has 1 N–H and O–H groups in total. The molecule has 0 fully saturated rings. The molecule has 6 rings (SSSR count). The second-order valence-electron chi connectivity index (χ2n) is 9.79. The van der Waals surface area contributed by atoms with Gasteiger partial charge < -0.3 is 19.2 Å². The molecule has 0 bridgehead atoms. The molecule has 0 aliphatic rings. The van der Waals surface area contributed by atoms with Crippen LogP contribution < -0.4 is 20.3 Å². The lowest BCUT2D eigenvalue weighted by molar-refractivity contribution is -0.118. The second-order valence-corrected chi connectivity index (χ2v) is 10.7. The predicted octanol–water partition coefficient (Wildman–Crippen LogP) is 7.33. The van der Waals surface area contributed by atoms with E-state index in [1.807, 2.05) is 25.1 Å². The number of para-hydroxylation sites is 2. The summed E-state index contributed by atoms with van der Waals surface area (Å²) in [5.41, 5.74) is 2.58. The Hall–Kier alpha value is -5.12. The smallest absolute Gasteiger partial charge is 0.282 e. The maximum atomic E-state index is 13.7. The molecular formula is C33H24Cl2N4O5. The summed E-state index contributed by atoms with van der Waals surface area (Å²) in [6, 6.07) is 24.5. The van der Waals surface area contributed by atoms with Gasteiger partial charge in [0.15, 0.2) is 23.9 Å². The fourth-order valence-corrected chi connectivity index (χ4v) is 5.06. The van der Waals surface area contributed by atoms with Gasteiger partial charge in [0, 0.05) is 32.7 Å². The number of aryl methyl sites for hydroxylation is 1. The summed E-state index contributed by atoms with van der Waals surface area (Å²) in [6.45, 7) is 1.57. The van der Waals surface area contributed by atoms with Crippen molar-refractivity contribution in [2.75, 3.05) is 19.0 Å². The number of rotatable bonds is 8. The molecule has 44 heavy (non-hydrogen) atoms. The molecule has 9 nitrogen and oxygen atoms in total. The topological polar surface area (TPSA) is 108 Å². The first-order valence-corrected chi connectivity index (χ1v) is 14.2. The third-order valence-corrected chi connectivity index (χ3v) is 7.25. The highest BCUT2D eigenvalue weighted by Crippen LogP contribution is 2.34. The maximum absolute atomic E-state index is 13.7. The van der Waals surface area contributed by atoms with Crippen molar-refractivity contribution in [2.45, 2.75) is 6.92 Å². The number of ether oxygens (including phenoxy) is 2. The highest BCUT2D eigenvalue weighted by atomic mass is 35.5. The largest absolute Gasteiger partial charge is 0.493 e. The van der Waals surface area contributed by atoms with Crippen LogP contribution in [0.3, 0.4) is 0 Å². The minimum atomic E-state index is -0.422. The van der Waals surface area contributed by atoms with Gasteiger partial charge in [-0.1, -0.05) is 53.5 Å². The molecule has 0 aliphatic heterocycles. The number of benzene rings is 4. The van der Waals surface area contributed by atoms with Gasteiger partial charge in [0.05, 0.1) is 24.2 Å². The lowest BCUT2D eigenvalue weighted by Gasteiger charge is -2.14. The van der Waals surface area contributed by atoms with Crippen molar-refractivity contribution >= 4 is 62.9 Å². The van der Waals surface area contributed by atoms with Crippen molar-refractivity contribution in [1.82, 2.24) is 9.66 Å². The minimum absolute atomic E-state index is 0.173. The van der Waals surface area contributed by atoms with Crippen molar-refractivity contribution in [2.24, 2.45) is 5.10 Å². The van der Waals surface area contributed by atoms with E-state index in [1.54, 1.807) is 66.7 Å². The van der Waals surface area contributed by atoms with E-state index in [-0.39, 0.29) is 29.8 Å². The molecule has 0 unspecified atom stereocenters.